The van der Waals surface area contributed by atoms with Crippen LogP contribution < -0.4 is 9.64 Å². The van der Waals surface area contributed by atoms with Crippen molar-refractivity contribution in [1.29, 1.82) is 0 Å². The van der Waals surface area contributed by atoms with Gasteiger partial charge in [0.25, 0.3) is 0 Å². The molecule has 0 radical (unpaired) electrons. The molecule has 7 heteroatoms. The number of fused-ring (bicyclic) bond motifs is 1. The minimum atomic E-state index is -0.240. The maximum absolute atomic E-state index is 12.7. The summed E-state index contributed by atoms with van der Waals surface area (Å²) in [5.41, 5.74) is 2.25. The van der Waals surface area contributed by atoms with Crippen molar-refractivity contribution >= 4 is 23.4 Å². The van der Waals surface area contributed by atoms with Crippen LogP contribution in [-0.4, -0.2) is 33.0 Å². The van der Waals surface area contributed by atoms with Crippen molar-refractivity contribution < 1.29 is 9.53 Å². The quantitative estimate of drug-likeness (QED) is 0.598. The van der Waals surface area contributed by atoms with Crippen molar-refractivity contribution in [2.75, 3.05) is 17.2 Å². The van der Waals surface area contributed by atoms with E-state index < -0.39 is 0 Å². The van der Waals surface area contributed by atoms with Gasteiger partial charge in [0.15, 0.2) is 17.1 Å². The molecule has 144 valence electrons. The van der Waals surface area contributed by atoms with Gasteiger partial charge >= 0.3 is 0 Å². The topological polar surface area (TPSA) is 60.3 Å². The highest BCUT2D eigenvalue weighted by atomic mass is 32.2. The molecule has 1 aliphatic heterocycles. The van der Waals surface area contributed by atoms with E-state index in [4.69, 9.17) is 4.74 Å². The van der Waals surface area contributed by atoms with Gasteiger partial charge in [-0.3, -0.25) is 4.79 Å². The lowest BCUT2D eigenvalue weighted by molar-refractivity contribution is -0.116. The van der Waals surface area contributed by atoms with Crippen LogP contribution in [0.3, 0.4) is 0 Å². The molecule has 0 unspecified atom stereocenters. The van der Waals surface area contributed by atoms with Crippen molar-refractivity contribution in [1.82, 2.24) is 14.8 Å². The second-order valence-electron chi connectivity index (χ2n) is 6.69. The molecule has 0 saturated heterocycles. The van der Waals surface area contributed by atoms with Gasteiger partial charge in [-0.15, -0.1) is 10.2 Å². The van der Waals surface area contributed by atoms with E-state index >= 15 is 0 Å². The van der Waals surface area contributed by atoms with Crippen LogP contribution in [0.15, 0.2) is 59.8 Å². The summed E-state index contributed by atoms with van der Waals surface area (Å²) >= 11 is 1.40. The number of thioether (sulfide) groups is 1. The van der Waals surface area contributed by atoms with Crippen molar-refractivity contribution in [3.63, 3.8) is 0 Å². The number of carbonyl (C=O) groups is 1. The molecular weight excluding hydrogens is 372 g/mol. The monoisotopic (exact) mass is 394 g/mol. The Hall–Kier alpha value is -2.80. The van der Waals surface area contributed by atoms with Crippen LogP contribution in [0.4, 0.5) is 5.69 Å². The van der Waals surface area contributed by atoms with Gasteiger partial charge in [0.05, 0.1) is 5.75 Å². The van der Waals surface area contributed by atoms with Crippen LogP contribution in [0.1, 0.15) is 24.4 Å². The normalized spacial score (nSPS) is 14.0. The van der Waals surface area contributed by atoms with E-state index in [1.165, 1.54) is 17.3 Å². The van der Waals surface area contributed by atoms with Crippen LogP contribution in [-0.2, 0) is 18.3 Å². The SMILES string of the molecule is C[C@H](Oc1ccccc1)c1nnc(SCC(=O)N2CCc3ccccc32)n1C. The van der Waals surface area contributed by atoms with Gasteiger partial charge < -0.3 is 14.2 Å². The summed E-state index contributed by atoms with van der Waals surface area (Å²) < 4.78 is 7.83. The van der Waals surface area contributed by atoms with Crippen molar-refractivity contribution in [2.45, 2.75) is 24.6 Å². The largest absolute Gasteiger partial charge is 0.483 e. The van der Waals surface area contributed by atoms with Crippen LogP contribution in [0.5, 0.6) is 5.75 Å². The Kier molecular flexibility index (Phi) is 5.34. The number of amides is 1. The summed E-state index contributed by atoms with van der Waals surface area (Å²) in [5, 5.41) is 9.22. The third kappa shape index (κ3) is 3.75. The molecular formula is C21H22N4O2S. The second-order valence-corrected chi connectivity index (χ2v) is 7.63. The highest BCUT2D eigenvalue weighted by Gasteiger charge is 2.25. The van der Waals surface area contributed by atoms with E-state index in [0.717, 1.165) is 30.2 Å². The summed E-state index contributed by atoms with van der Waals surface area (Å²) in [5.74, 6) is 1.93. The molecule has 0 saturated carbocycles. The number of ether oxygens (including phenoxy) is 1. The van der Waals surface area contributed by atoms with Crippen molar-refractivity contribution in [3.8, 4) is 5.75 Å². The number of carbonyl (C=O) groups excluding carboxylic acids is 1. The molecule has 0 aliphatic carbocycles. The Morgan fingerprint density at radius 1 is 1.14 bits per heavy atom. The number of hydrogen-bond donors (Lipinski definition) is 0. The fraction of sp³-hybridized carbons (Fsp3) is 0.286. The number of para-hydroxylation sites is 2. The first kappa shape index (κ1) is 18.6. The third-order valence-corrected chi connectivity index (χ3v) is 5.81. The number of anilines is 1. The summed E-state index contributed by atoms with van der Waals surface area (Å²) in [7, 11) is 1.90. The number of hydrogen-bond acceptors (Lipinski definition) is 5. The van der Waals surface area contributed by atoms with Gasteiger partial charge in [-0.2, -0.15) is 0 Å². The molecule has 4 rings (SSSR count). The van der Waals surface area contributed by atoms with Crippen molar-refractivity contribution in [2.24, 2.45) is 7.05 Å². The summed E-state index contributed by atoms with van der Waals surface area (Å²) in [4.78, 5) is 14.6. The molecule has 1 amide bonds. The molecule has 0 spiro atoms. The van der Waals surface area contributed by atoms with Crippen LogP contribution in [0.2, 0.25) is 0 Å². The number of benzene rings is 2. The lowest BCUT2D eigenvalue weighted by Gasteiger charge is -2.17. The minimum absolute atomic E-state index is 0.0908. The highest BCUT2D eigenvalue weighted by Crippen LogP contribution is 2.29. The van der Waals surface area contributed by atoms with E-state index in [9.17, 15) is 4.79 Å². The Morgan fingerprint density at radius 2 is 1.89 bits per heavy atom. The maximum atomic E-state index is 12.7. The predicted molar refractivity (Wildman–Crippen MR) is 110 cm³/mol. The molecule has 3 aromatic rings. The van der Waals surface area contributed by atoms with Crippen LogP contribution in [0.25, 0.3) is 0 Å². The average Bonchev–Trinajstić information content (AvgIpc) is 3.30. The molecule has 1 aromatic heterocycles. The fourth-order valence-electron chi connectivity index (χ4n) is 3.36. The smallest absolute Gasteiger partial charge is 0.237 e. The molecule has 0 bridgehead atoms. The van der Waals surface area contributed by atoms with Crippen LogP contribution >= 0.6 is 11.8 Å². The van der Waals surface area contributed by atoms with Gasteiger partial charge in [0, 0.05) is 19.3 Å². The highest BCUT2D eigenvalue weighted by molar-refractivity contribution is 7.99. The maximum Gasteiger partial charge on any atom is 0.237 e. The average molecular weight is 395 g/mol. The summed E-state index contributed by atoms with van der Waals surface area (Å²) in [6.07, 6.45) is 0.671. The number of rotatable bonds is 6. The molecule has 28 heavy (non-hydrogen) atoms. The zero-order valence-electron chi connectivity index (χ0n) is 15.9. The van der Waals surface area contributed by atoms with Crippen molar-refractivity contribution in [3.05, 3.63) is 66.0 Å². The third-order valence-electron chi connectivity index (χ3n) is 4.80. The molecule has 1 atom stereocenters. The Bertz CT molecular complexity index is 974. The molecule has 2 heterocycles. The lowest BCUT2D eigenvalue weighted by Crippen LogP contribution is -2.30. The van der Waals surface area contributed by atoms with E-state index in [1.54, 1.807) is 0 Å². The zero-order valence-corrected chi connectivity index (χ0v) is 16.7. The van der Waals surface area contributed by atoms with Gasteiger partial charge in [-0.1, -0.05) is 48.2 Å². The first-order valence-corrected chi connectivity index (χ1v) is 10.2. The van der Waals surface area contributed by atoms with E-state index in [1.807, 2.05) is 72.0 Å². The Morgan fingerprint density at radius 3 is 2.71 bits per heavy atom. The Labute approximate surface area is 168 Å². The summed E-state index contributed by atoms with van der Waals surface area (Å²) in [6, 6.07) is 17.7. The fourth-order valence-corrected chi connectivity index (χ4v) is 4.16. The van der Waals surface area contributed by atoms with Gasteiger partial charge in [0.1, 0.15) is 5.75 Å². The molecule has 0 N–H and O–H groups in total. The van der Waals surface area contributed by atoms with Gasteiger partial charge in [-0.05, 0) is 37.1 Å². The molecule has 6 nitrogen and oxygen atoms in total. The van der Waals surface area contributed by atoms with E-state index in [0.29, 0.717) is 10.9 Å². The van der Waals surface area contributed by atoms with Gasteiger partial charge in [-0.25, -0.2) is 0 Å². The molecule has 0 fully saturated rings. The molecule has 1 aliphatic rings. The van der Waals surface area contributed by atoms with E-state index in [2.05, 4.69) is 16.3 Å². The lowest BCUT2D eigenvalue weighted by atomic mass is 10.2. The minimum Gasteiger partial charge on any atom is -0.483 e. The Balaban J connectivity index is 1.39. The van der Waals surface area contributed by atoms with Crippen LogP contribution in [0, 0.1) is 0 Å². The standard InChI is InChI=1S/C21H22N4O2S/c1-15(27-17-9-4-3-5-10-17)20-22-23-21(24(20)2)28-14-19(26)25-13-12-16-8-6-7-11-18(16)25/h3-11,15H,12-14H2,1-2H3/t15-/m0/s1. The zero-order chi connectivity index (χ0) is 19.5. The first-order chi connectivity index (χ1) is 13.6. The second kappa shape index (κ2) is 8.06. The predicted octanol–water partition coefficient (Wildman–Crippen LogP) is 3.64. The van der Waals surface area contributed by atoms with E-state index in [-0.39, 0.29) is 12.0 Å². The van der Waals surface area contributed by atoms with Gasteiger partial charge in [0.2, 0.25) is 5.91 Å². The number of nitrogens with zero attached hydrogens (tertiary/aromatic N) is 4. The molecule has 2 aromatic carbocycles. The summed E-state index contributed by atoms with van der Waals surface area (Å²) in [6.45, 7) is 2.68. The first-order valence-electron chi connectivity index (χ1n) is 9.25. The number of aromatic nitrogens is 3.